The van der Waals surface area contributed by atoms with E-state index in [4.69, 9.17) is 0 Å². The molecule has 9 heteroatoms. The number of aryl methyl sites for hydroxylation is 4. The Bertz CT molecular complexity index is 1530. The van der Waals surface area contributed by atoms with Crippen LogP contribution in [0.1, 0.15) is 40.2 Å². The van der Waals surface area contributed by atoms with Gasteiger partial charge >= 0.3 is 0 Å². The van der Waals surface area contributed by atoms with E-state index in [1.165, 1.54) is 0 Å². The van der Waals surface area contributed by atoms with Crippen LogP contribution in [0.3, 0.4) is 0 Å². The summed E-state index contributed by atoms with van der Waals surface area (Å²) in [6.45, 7) is 3.39. The Morgan fingerprint density at radius 1 is 1.14 bits per heavy atom. The van der Waals surface area contributed by atoms with Gasteiger partial charge in [0.1, 0.15) is 17.7 Å². The van der Waals surface area contributed by atoms with Gasteiger partial charge in [-0.25, -0.2) is 9.97 Å². The molecule has 1 aliphatic rings. The average molecular weight is 467 g/mol. The first-order valence-corrected chi connectivity index (χ1v) is 11.8. The van der Waals surface area contributed by atoms with Crippen LogP contribution in [0.15, 0.2) is 49.1 Å². The first-order valence-electron chi connectivity index (χ1n) is 11.8. The fraction of sp³-hybridized carbons (Fsp3) is 0.269. The van der Waals surface area contributed by atoms with Crippen LogP contribution in [0.4, 0.5) is 0 Å². The van der Waals surface area contributed by atoms with Crippen molar-refractivity contribution in [3.63, 3.8) is 0 Å². The summed E-state index contributed by atoms with van der Waals surface area (Å²) in [6, 6.07) is 10.2. The van der Waals surface area contributed by atoms with Gasteiger partial charge in [0.05, 0.1) is 17.6 Å². The number of amides is 1. The van der Waals surface area contributed by atoms with Gasteiger partial charge in [0.2, 0.25) is 0 Å². The van der Waals surface area contributed by atoms with Crippen molar-refractivity contribution in [2.24, 2.45) is 7.05 Å². The maximum atomic E-state index is 12.7. The second kappa shape index (κ2) is 8.50. The van der Waals surface area contributed by atoms with E-state index in [0.717, 1.165) is 76.2 Å². The molecule has 35 heavy (non-hydrogen) atoms. The quantitative estimate of drug-likeness (QED) is 0.410. The van der Waals surface area contributed by atoms with Crippen molar-refractivity contribution < 1.29 is 4.79 Å². The van der Waals surface area contributed by atoms with Crippen LogP contribution in [0.2, 0.25) is 0 Å². The van der Waals surface area contributed by atoms with Crippen molar-refractivity contribution in [1.29, 1.82) is 0 Å². The number of carbonyl (C=O) groups is 1. The van der Waals surface area contributed by atoms with Crippen LogP contribution in [-0.4, -0.2) is 40.4 Å². The summed E-state index contributed by atoms with van der Waals surface area (Å²) in [5, 5.41) is 12.7. The fourth-order valence-corrected chi connectivity index (χ4v) is 4.72. The van der Waals surface area contributed by atoms with E-state index < -0.39 is 0 Å². The molecule has 0 spiro atoms. The van der Waals surface area contributed by atoms with Crippen LogP contribution in [0, 0.1) is 6.92 Å². The lowest BCUT2D eigenvalue weighted by Crippen LogP contribution is -2.24. The second-order valence-corrected chi connectivity index (χ2v) is 9.10. The van der Waals surface area contributed by atoms with Crippen LogP contribution in [0.5, 0.6) is 0 Å². The summed E-state index contributed by atoms with van der Waals surface area (Å²) >= 11 is 0. The third-order valence-electron chi connectivity index (χ3n) is 6.65. The molecule has 1 amide bonds. The number of aromatic amines is 1. The summed E-state index contributed by atoms with van der Waals surface area (Å²) in [5.41, 5.74) is 8.39. The number of rotatable bonds is 5. The topological polar surface area (TPSA) is 106 Å². The number of benzene rings is 1. The molecule has 0 radical (unpaired) electrons. The molecular weight excluding hydrogens is 440 g/mol. The highest BCUT2D eigenvalue weighted by Gasteiger charge is 2.17. The molecule has 1 aliphatic heterocycles. The van der Waals surface area contributed by atoms with E-state index in [9.17, 15) is 4.79 Å². The van der Waals surface area contributed by atoms with Gasteiger partial charge in [-0.05, 0) is 55.5 Å². The lowest BCUT2D eigenvalue weighted by molar-refractivity contribution is 0.0945. The lowest BCUT2D eigenvalue weighted by Gasteiger charge is -2.11. The molecule has 5 aromatic rings. The SMILES string of the molecule is Cc1cc(-c2ncnc3[nH]c(-c4cnn(C)c4)cc23)ccc1CNC(=O)c1cc2n(n1)CCCC2. The first kappa shape index (κ1) is 21.3. The first-order chi connectivity index (χ1) is 17.0. The zero-order chi connectivity index (χ0) is 23.9. The molecule has 0 atom stereocenters. The minimum atomic E-state index is -0.136. The Morgan fingerprint density at radius 2 is 2.06 bits per heavy atom. The normalized spacial score (nSPS) is 13.2. The predicted molar refractivity (Wildman–Crippen MR) is 133 cm³/mol. The molecule has 0 saturated carbocycles. The van der Waals surface area contributed by atoms with Crippen molar-refractivity contribution in [3.8, 4) is 22.5 Å². The standard InChI is InChI=1S/C26H26N8O/c1-16-9-17(24-21-11-22(19-13-30-33(2)14-19)31-25(21)29-15-28-24)6-7-18(16)12-27-26(35)23-10-20-5-3-4-8-34(20)32-23/h6-7,9-11,13-15H,3-5,8,12H2,1-2H3,(H,27,35)(H,28,29,31). The predicted octanol–water partition coefficient (Wildman–Crippen LogP) is 3.80. The number of hydrogen-bond acceptors (Lipinski definition) is 5. The van der Waals surface area contributed by atoms with Crippen molar-refractivity contribution in [1.82, 2.24) is 39.8 Å². The molecule has 0 saturated heterocycles. The minimum absolute atomic E-state index is 0.136. The second-order valence-electron chi connectivity index (χ2n) is 9.10. The molecule has 6 rings (SSSR count). The maximum absolute atomic E-state index is 12.7. The number of nitrogens with one attached hydrogen (secondary N) is 2. The summed E-state index contributed by atoms with van der Waals surface area (Å²) in [6.07, 6.45) is 8.63. The lowest BCUT2D eigenvalue weighted by atomic mass is 10.0. The van der Waals surface area contributed by atoms with E-state index in [0.29, 0.717) is 12.2 Å². The smallest absolute Gasteiger partial charge is 0.272 e. The van der Waals surface area contributed by atoms with Crippen molar-refractivity contribution in [2.45, 2.75) is 39.3 Å². The largest absolute Gasteiger partial charge is 0.347 e. The number of nitrogens with zero attached hydrogens (tertiary/aromatic N) is 6. The van der Waals surface area contributed by atoms with E-state index in [1.807, 2.05) is 42.3 Å². The van der Waals surface area contributed by atoms with Gasteiger partial charge in [-0.1, -0.05) is 12.1 Å². The van der Waals surface area contributed by atoms with Crippen molar-refractivity contribution >= 4 is 16.9 Å². The van der Waals surface area contributed by atoms with Gasteiger partial charge in [-0.3, -0.25) is 14.2 Å². The zero-order valence-corrected chi connectivity index (χ0v) is 19.7. The molecule has 1 aromatic carbocycles. The molecule has 5 heterocycles. The fourth-order valence-electron chi connectivity index (χ4n) is 4.72. The van der Waals surface area contributed by atoms with Crippen LogP contribution < -0.4 is 5.32 Å². The average Bonchev–Trinajstić information content (AvgIpc) is 3.60. The van der Waals surface area contributed by atoms with E-state index >= 15 is 0 Å². The molecule has 0 fully saturated rings. The maximum Gasteiger partial charge on any atom is 0.272 e. The van der Waals surface area contributed by atoms with Gasteiger partial charge in [-0.2, -0.15) is 10.2 Å². The Morgan fingerprint density at radius 3 is 2.86 bits per heavy atom. The highest BCUT2D eigenvalue weighted by Crippen LogP contribution is 2.30. The molecule has 176 valence electrons. The van der Waals surface area contributed by atoms with Gasteiger partial charge < -0.3 is 10.3 Å². The van der Waals surface area contributed by atoms with Gasteiger partial charge in [-0.15, -0.1) is 0 Å². The number of aromatic nitrogens is 7. The van der Waals surface area contributed by atoms with Crippen LogP contribution in [0.25, 0.3) is 33.5 Å². The summed E-state index contributed by atoms with van der Waals surface area (Å²) in [5.74, 6) is -0.136. The van der Waals surface area contributed by atoms with Gasteiger partial charge in [0.15, 0.2) is 0 Å². The third-order valence-corrected chi connectivity index (χ3v) is 6.65. The molecule has 0 bridgehead atoms. The highest BCUT2D eigenvalue weighted by molar-refractivity contribution is 5.94. The summed E-state index contributed by atoms with van der Waals surface area (Å²) in [4.78, 5) is 25.0. The summed E-state index contributed by atoms with van der Waals surface area (Å²) < 4.78 is 3.73. The number of hydrogen-bond donors (Lipinski definition) is 2. The monoisotopic (exact) mass is 466 g/mol. The molecule has 0 aliphatic carbocycles. The van der Waals surface area contributed by atoms with E-state index in [1.54, 1.807) is 11.0 Å². The van der Waals surface area contributed by atoms with Gasteiger partial charge in [0.25, 0.3) is 5.91 Å². The van der Waals surface area contributed by atoms with Crippen LogP contribution in [-0.2, 0) is 26.6 Å². The molecule has 4 aromatic heterocycles. The Kier molecular flexibility index (Phi) is 5.17. The van der Waals surface area contributed by atoms with E-state index in [-0.39, 0.29) is 5.91 Å². The zero-order valence-electron chi connectivity index (χ0n) is 19.7. The Balaban J connectivity index is 1.22. The number of fused-ring (bicyclic) bond motifs is 2. The number of H-pyrrole nitrogens is 1. The molecular formula is C26H26N8O. The molecule has 0 unspecified atom stereocenters. The highest BCUT2D eigenvalue weighted by atomic mass is 16.1. The Hall–Kier alpha value is -4.27. The van der Waals surface area contributed by atoms with Crippen molar-refractivity contribution in [2.75, 3.05) is 0 Å². The minimum Gasteiger partial charge on any atom is -0.347 e. The number of carbonyl (C=O) groups excluding carboxylic acids is 1. The van der Waals surface area contributed by atoms with Crippen LogP contribution >= 0.6 is 0 Å². The van der Waals surface area contributed by atoms with Crippen molar-refractivity contribution in [3.05, 3.63) is 71.6 Å². The Labute approximate surface area is 202 Å². The van der Waals surface area contributed by atoms with Gasteiger partial charge in [0, 0.05) is 48.5 Å². The van der Waals surface area contributed by atoms with E-state index in [2.05, 4.69) is 49.5 Å². The summed E-state index contributed by atoms with van der Waals surface area (Å²) in [7, 11) is 1.90. The molecule has 9 nitrogen and oxygen atoms in total. The molecule has 2 N–H and O–H groups in total. The third kappa shape index (κ3) is 3.99.